The molecule has 0 spiro atoms. The van der Waals surface area contributed by atoms with Gasteiger partial charge in [0.1, 0.15) is 10.5 Å². The minimum atomic E-state index is -0.810. The van der Waals surface area contributed by atoms with Crippen LogP contribution in [0.25, 0.3) is 16.3 Å². The Morgan fingerprint density at radius 3 is 2.59 bits per heavy atom. The Kier molecular flexibility index (Phi) is 5.93. The number of nitrogens with one attached hydrogen (secondary N) is 2. The van der Waals surface area contributed by atoms with Crippen molar-refractivity contribution in [2.75, 3.05) is 0 Å². The quantitative estimate of drug-likeness (QED) is 0.495. The summed E-state index contributed by atoms with van der Waals surface area (Å²) < 4.78 is 5.46. The van der Waals surface area contributed by atoms with Gasteiger partial charge in [-0.15, -0.1) is 11.3 Å². The van der Waals surface area contributed by atoms with Crippen molar-refractivity contribution < 1.29 is 14.3 Å². The Morgan fingerprint density at radius 2 is 1.93 bits per heavy atom. The number of carbonyl (C=O) groups is 2. The van der Waals surface area contributed by atoms with Crippen LogP contribution in [0.2, 0.25) is 0 Å². The van der Waals surface area contributed by atoms with Crippen molar-refractivity contribution in [3.05, 3.63) is 68.2 Å². The molecule has 0 aliphatic heterocycles. The Bertz CT molecular complexity index is 1160. The zero-order valence-corrected chi connectivity index (χ0v) is 17.3. The summed E-state index contributed by atoms with van der Waals surface area (Å²) in [5.41, 5.74) is 1.37. The number of amides is 1. The maximum absolute atomic E-state index is 12.7. The van der Waals surface area contributed by atoms with Crippen LogP contribution in [0.1, 0.15) is 41.8 Å². The molecule has 7 nitrogen and oxygen atoms in total. The first kappa shape index (κ1) is 20.5. The number of aromatic amines is 1. The lowest BCUT2D eigenvalue weighted by atomic mass is 10.2. The number of ether oxygens (including phenoxy) is 1. The Morgan fingerprint density at radius 1 is 1.24 bits per heavy atom. The van der Waals surface area contributed by atoms with E-state index in [4.69, 9.17) is 4.74 Å². The number of esters is 1. The topological polar surface area (TPSA) is 101 Å². The average Bonchev–Trinajstić information content (AvgIpc) is 2.96. The second-order valence-corrected chi connectivity index (χ2v) is 7.82. The summed E-state index contributed by atoms with van der Waals surface area (Å²) in [6.07, 6.45) is 0.720. The smallest absolute Gasteiger partial charge is 0.355 e. The van der Waals surface area contributed by atoms with Gasteiger partial charge >= 0.3 is 5.97 Å². The number of aromatic nitrogens is 2. The van der Waals surface area contributed by atoms with E-state index >= 15 is 0 Å². The third-order valence-corrected chi connectivity index (χ3v) is 5.47. The van der Waals surface area contributed by atoms with Crippen molar-refractivity contribution in [1.29, 1.82) is 0 Å². The molecule has 29 heavy (non-hydrogen) atoms. The van der Waals surface area contributed by atoms with Crippen LogP contribution in [-0.4, -0.2) is 21.8 Å². The molecule has 0 bridgehead atoms. The van der Waals surface area contributed by atoms with Crippen molar-refractivity contribution in [3.63, 3.8) is 0 Å². The van der Waals surface area contributed by atoms with Crippen LogP contribution < -0.4 is 10.9 Å². The lowest BCUT2D eigenvalue weighted by molar-refractivity contribution is -0.145. The molecular weight excluding hydrogens is 390 g/mol. The predicted octanol–water partition coefficient (Wildman–Crippen LogP) is 3.38. The SMILES string of the molecule is CC(=O)N/C(=C\c1ccccc1)C(=O)O[C@H](C)c1nc2sc(C)c(C)c2c(=O)[nH]1. The first-order valence-corrected chi connectivity index (χ1v) is 9.83. The largest absolute Gasteiger partial charge is 0.450 e. The van der Waals surface area contributed by atoms with Gasteiger partial charge < -0.3 is 15.0 Å². The van der Waals surface area contributed by atoms with E-state index in [-0.39, 0.29) is 17.1 Å². The maximum atomic E-state index is 12.7. The van der Waals surface area contributed by atoms with Crippen molar-refractivity contribution in [2.24, 2.45) is 0 Å². The molecule has 3 rings (SSSR count). The third kappa shape index (κ3) is 4.60. The molecule has 0 aliphatic rings. The summed E-state index contributed by atoms with van der Waals surface area (Å²) in [4.78, 5) is 45.4. The fourth-order valence-electron chi connectivity index (χ4n) is 2.80. The normalized spacial score (nSPS) is 12.6. The van der Waals surface area contributed by atoms with Gasteiger partial charge in [0.05, 0.1) is 5.39 Å². The van der Waals surface area contributed by atoms with Crippen molar-refractivity contribution in [3.8, 4) is 0 Å². The highest BCUT2D eigenvalue weighted by atomic mass is 32.1. The van der Waals surface area contributed by atoms with Crippen molar-refractivity contribution in [2.45, 2.75) is 33.8 Å². The lowest BCUT2D eigenvalue weighted by Crippen LogP contribution is -2.27. The number of hydrogen-bond acceptors (Lipinski definition) is 6. The standard InChI is InChI=1S/C21H21N3O4S/c1-11-13(3)29-20-17(11)19(26)23-18(24-20)12(2)28-21(27)16(22-14(4)25)10-15-8-6-5-7-9-15/h5-10,12H,1-4H3,(H,22,25)(H,23,24,26)/b16-10-/t12-/m1/s1. The van der Waals surface area contributed by atoms with E-state index in [2.05, 4.69) is 15.3 Å². The van der Waals surface area contributed by atoms with Gasteiger partial charge in [-0.3, -0.25) is 9.59 Å². The average molecular weight is 411 g/mol. The summed E-state index contributed by atoms with van der Waals surface area (Å²) in [6, 6.07) is 9.09. The number of fused-ring (bicyclic) bond motifs is 1. The fraction of sp³-hybridized carbons (Fsp3) is 0.238. The van der Waals surface area contributed by atoms with Gasteiger partial charge in [-0.1, -0.05) is 30.3 Å². The van der Waals surface area contributed by atoms with Gasteiger partial charge in [-0.2, -0.15) is 0 Å². The zero-order chi connectivity index (χ0) is 21.1. The Balaban J connectivity index is 1.88. The summed E-state index contributed by atoms with van der Waals surface area (Å²) >= 11 is 1.42. The van der Waals surface area contributed by atoms with Crippen LogP contribution in [0.3, 0.4) is 0 Å². The molecule has 0 unspecified atom stereocenters. The van der Waals surface area contributed by atoms with Gasteiger partial charge in [0, 0.05) is 11.8 Å². The number of carbonyl (C=O) groups excluding carboxylic acids is 2. The molecule has 150 valence electrons. The van der Waals surface area contributed by atoms with Crippen LogP contribution in [0.5, 0.6) is 0 Å². The van der Waals surface area contributed by atoms with Crippen LogP contribution in [0, 0.1) is 13.8 Å². The van der Waals surface area contributed by atoms with Gasteiger partial charge in [-0.25, -0.2) is 9.78 Å². The fourth-order valence-corrected chi connectivity index (χ4v) is 3.83. The van der Waals surface area contributed by atoms with E-state index in [0.717, 1.165) is 16.0 Å². The summed E-state index contributed by atoms with van der Waals surface area (Å²) in [5.74, 6) is -0.869. The number of nitrogens with zero attached hydrogens (tertiary/aromatic N) is 1. The first-order chi connectivity index (χ1) is 13.8. The minimum absolute atomic E-state index is 0.00166. The molecule has 0 fully saturated rings. The highest BCUT2D eigenvalue weighted by Gasteiger charge is 2.21. The van der Waals surface area contributed by atoms with Crippen molar-refractivity contribution in [1.82, 2.24) is 15.3 Å². The highest BCUT2D eigenvalue weighted by molar-refractivity contribution is 7.18. The van der Waals surface area contributed by atoms with Crippen LogP contribution in [0.4, 0.5) is 0 Å². The molecule has 2 aromatic heterocycles. The van der Waals surface area contributed by atoms with E-state index in [1.807, 2.05) is 32.0 Å². The summed E-state index contributed by atoms with van der Waals surface area (Å²) in [6.45, 7) is 6.73. The number of hydrogen-bond donors (Lipinski definition) is 2. The van der Waals surface area contributed by atoms with E-state index in [1.54, 1.807) is 19.1 Å². The third-order valence-electron chi connectivity index (χ3n) is 4.37. The van der Waals surface area contributed by atoms with E-state index in [1.165, 1.54) is 24.3 Å². The molecular formula is C21H21N3O4S. The zero-order valence-electron chi connectivity index (χ0n) is 16.5. The van der Waals surface area contributed by atoms with Crippen LogP contribution in [-0.2, 0) is 14.3 Å². The summed E-state index contributed by atoms with van der Waals surface area (Å²) in [7, 11) is 0. The predicted molar refractivity (Wildman–Crippen MR) is 112 cm³/mol. The van der Waals surface area contributed by atoms with Gasteiger partial charge in [-0.05, 0) is 38.0 Å². The molecule has 2 N–H and O–H groups in total. The van der Waals surface area contributed by atoms with E-state index in [9.17, 15) is 14.4 Å². The lowest BCUT2D eigenvalue weighted by Gasteiger charge is -2.14. The molecule has 1 aromatic carbocycles. The first-order valence-electron chi connectivity index (χ1n) is 9.01. The number of aryl methyl sites for hydroxylation is 2. The molecule has 1 atom stereocenters. The second kappa shape index (κ2) is 8.40. The van der Waals surface area contributed by atoms with Crippen LogP contribution >= 0.6 is 11.3 Å². The molecule has 8 heteroatoms. The molecule has 0 aliphatic carbocycles. The molecule has 2 heterocycles. The van der Waals surface area contributed by atoms with Gasteiger partial charge in [0.2, 0.25) is 5.91 Å². The molecule has 1 amide bonds. The Hall–Kier alpha value is -3.26. The van der Waals surface area contributed by atoms with E-state index < -0.39 is 18.0 Å². The number of thiophene rings is 1. The maximum Gasteiger partial charge on any atom is 0.355 e. The number of benzene rings is 1. The molecule has 0 radical (unpaired) electrons. The minimum Gasteiger partial charge on any atom is -0.450 e. The number of H-pyrrole nitrogens is 1. The molecule has 0 saturated carbocycles. The van der Waals surface area contributed by atoms with Crippen LogP contribution in [0.15, 0.2) is 40.8 Å². The Labute approximate surface area is 171 Å². The van der Waals surface area contributed by atoms with Crippen molar-refractivity contribution >= 4 is 39.5 Å². The highest BCUT2D eigenvalue weighted by Crippen LogP contribution is 2.27. The molecule has 0 saturated heterocycles. The van der Waals surface area contributed by atoms with Gasteiger partial charge in [0.15, 0.2) is 11.9 Å². The van der Waals surface area contributed by atoms with Gasteiger partial charge in [0.25, 0.3) is 5.56 Å². The number of rotatable bonds is 5. The monoisotopic (exact) mass is 411 g/mol. The second-order valence-electron chi connectivity index (χ2n) is 6.61. The van der Waals surface area contributed by atoms with E-state index in [0.29, 0.717) is 10.2 Å². The molecule has 3 aromatic rings. The summed E-state index contributed by atoms with van der Waals surface area (Å²) in [5, 5.41) is 3.05.